The van der Waals surface area contributed by atoms with Crippen LogP contribution in [0.1, 0.15) is 15.9 Å². The highest BCUT2D eigenvalue weighted by Gasteiger charge is 2.10. The van der Waals surface area contributed by atoms with Gasteiger partial charge in [-0.15, -0.1) is 11.6 Å². The molecule has 2 nitrogen and oxygen atoms in total. The molecule has 3 rings (SSSR count). The molecule has 0 bridgehead atoms. The van der Waals surface area contributed by atoms with Crippen LogP contribution in [0.25, 0.3) is 10.9 Å². The second-order valence-electron chi connectivity index (χ2n) is 4.38. The Morgan fingerprint density at radius 3 is 2.47 bits per heavy atom. The van der Waals surface area contributed by atoms with Crippen molar-refractivity contribution < 1.29 is 4.79 Å². The lowest BCUT2D eigenvalue weighted by atomic mass is 10.1. The summed E-state index contributed by atoms with van der Waals surface area (Å²) in [6.07, 6.45) is 1.81. The third-order valence-electron chi connectivity index (χ3n) is 3.17. The van der Waals surface area contributed by atoms with E-state index in [-0.39, 0.29) is 5.91 Å². The molecule has 0 fully saturated rings. The summed E-state index contributed by atoms with van der Waals surface area (Å²) in [5, 5.41) is 1.06. The summed E-state index contributed by atoms with van der Waals surface area (Å²) >= 11 is 5.75. The van der Waals surface area contributed by atoms with Crippen molar-refractivity contribution in [1.82, 2.24) is 4.57 Å². The van der Waals surface area contributed by atoms with Gasteiger partial charge in [-0.1, -0.05) is 30.3 Å². The summed E-state index contributed by atoms with van der Waals surface area (Å²) in [6.45, 7) is 0. The van der Waals surface area contributed by atoms with Gasteiger partial charge in [0, 0.05) is 23.0 Å². The second-order valence-corrected chi connectivity index (χ2v) is 4.65. The van der Waals surface area contributed by atoms with Gasteiger partial charge in [0.1, 0.15) is 0 Å². The van der Waals surface area contributed by atoms with Gasteiger partial charge in [-0.2, -0.15) is 0 Å². The molecule has 0 aliphatic heterocycles. The van der Waals surface area contributed by atoms with E-state index in [2.05, 4.69) is 0 Å². The number of fused-ring (bicyclic) bond motifs is 1. The Bertz CT molecular complexity index is 728. The fraction of sp³-hybridized carbons (Fsp3) is 0.0625. The molecule has 0 saturated carbocycles. The largest absolute Gasteiger partial charge is 0.283 e. The molecule has 1 aromatic heterocycles. The van der Waals surface area contributed by atoms with Crippen molar-refractivity contribution in [2.24, 2.45) is 0 Å². The number of para-hydroxylation sites is 1. The minimum atomic E-state index is -0.0256. The maximum Gasteiger partial charge on any atom is 0.262 e. The Kier molecular flexibility index (Phi) is 3.10. The third-order valence-corrected chi connectivity index (χ3v) is 3.48. The van der Waals surface area contributed by atoms with Crippen LogP contribution in [0, 0.1) is 0 Å². The normalized spacial score (nSPS) is 10.8. The van der Waals surface area contributed by atoms with Crippen LogP contribution < -0.4 is 0 Å². The van der Waals surface area contributed by atoms with Gasteiger partial charge in [-0.05, 0) is 29.8 Å². The summed E-state index contributed by atoms with van der Waals surface area (Å²) in [7, 11) is 0. The van der Waals surface area contributed by atoms with E-state index < -0.39 is 0 Å². The highest BCUT2D eigenvalue weighted by Crippen LogP contribution is 2.17. The average molecular weight is 270 g/mol. The molecule has 1 heterocycles. The molecule has 3 heteroatoms. The van der Waals surface area contributed by atoms with Gasteiger partial charge >= 0.3 is 0 Å². The first kappa shape index (κ1) is 12.0. The minimum absolute atomic E-state index is 0.0256. The quantitative estimate of drug-likeness (QED) is 0.643. The number of halogens is 1. The molecular weight excluding hydrogens is 258 g/mol. The Morgan fingerprint density at radius 2 is 1.74 bits per heavy atom. The van der Waals surface area contributed by atoms with E-state index in [4.69, 9.17) is 11.6 Å². The summed E-state index contributed by atoms with van der Waals surface area (Å²) in [5.74, 6) is 0.434. The Balaban J connectivity index is 2.03. The number of aromatic nitrogens is 1. The Morgan fingerprint density at radius 1 is 1.00 bits per heavy atom. The van der Waals surface area contributed by atoms with Crippen LogP contribution in [-0.2, 0) is 5.88 Å². The molecule has 0 spiro atoms. The van der Waals surface area contributed by atoms with Crippen LogP contribution in [0.2, 0.25) is 0 Å². The monoisotopic (exact) mass is 269 g/mol. The topological polar surface area (TPSA) is 22.0 Å². The number of nitrogens with zero attached hydrogens (tertiary/aromatic N) is 1. The summed E-state index contributed by atoms with van der Waals surface area (Å²) in [6, 6.07) is 17.2. The molecule has 0 amide bonds. The number of hydrogen-bond acceptors (Lipinski definition) is 1. The SMILES string of the molecule is O=C(c1ccc(CCl)cc1)n1ccc2ccccc21. The van der Waals surface area contributed by atoms with Gasteiger partial charge in [-0.25, -0.2) is 0 Å². The lowest BCUT2D eigenvalue weighted by Gasteiger charge is -2.05. The molecule has 0 unspecified atom stereocenters. The number of hydrogen-bond donors (Lipinski definition) is 0. The van der Waals surface area contributed by atoms with Crippen molar-refractivity contribution in [3.63, 3.8) is 0 Å². The summed E-state index contributed by atoms with van der Waals surface area (Å²) < 4.78 is 1.67. The van der Waals surface area contributed by atoms with E-state index >= 15 is 0 Å². The zero-order valence-corrected chi connectivity index (χ0v) is 11.0. The molecule has 2 aromatic carbocycles. The van der Waals surface area contributed by atoms with Crippen molar-refractivity contribution in [2.75, 3.05) is 0 Å². The third kappa shape index (κ3) is 2.15. The summed E-state index contributed by atoms with van der Waals surface area (Å²) in [4.78, 5) is 12.5. The molecule has 0 radical (unpaired) electrons. The van der Waals surface area contributed by atoms with Gasteiger partial charge in [0.05, 0.1) is 5.52 Å². The highest BCUT2D eigenvalue weighted by molar-refractivity contribution is 6.17. The lowest BCUT2D eigenvalue weighted by Crippen LogP contribution is -2.10. The lowest BCUT2D eigenvalue weighted by molar-refractivity contribution is 0.0965. The second kappa shape index (κ2) is 4.90. The Hall–Kier alpha value is -2.06. The molecular formula is C16H12ClNO. The van der Waals surface area contributed by atoms with Crippen LogP contribution in [-0.4, -0.2) is 10.5 Å². The fourth-order valence-corrected chi connectivity index (χ4v) is 2.31. The maximum absolute atomic E-state index is 12.5. The van der Waals surface area contributed by atoms with Crippen molar-refractivity contribution >= 4 is 28.4 Å². The van der Waals surface area contributed by atoms with Crippen molar-refractivity contribution in [1.29, 1.82) is 0 Å². The first-order valence-corrected chi connectivity index (χ1v) is 6.59. The van der Waals surface area contributed by atoms with E-state index in [1.54, 1.807) is 4.57 Å². The van der Waals surface area contributed by atoms with E-state index in [9.17, 15) is 4.79 Å². The molecule has 0 N–H and O–H groups in total. The number of alkyl halides is 1. The molecule has 0 aliphatic rings. The summed E-state index contributed by atoms with van der Waals surface area (Å²) in [5.41, 5.74) is 2.60. The molecule has 3 aromatic rings. The van der Waals surface area contributed by atoms with Crippen molar-refractivity contribution in [3.8, 4) is 0 Å². The van der Waals surface area contributed by atoms with Crippen molar-refractivity contribution in [3.05, 3.63) is 71.9 Å². The number of carbonyl (C=O) groups excluding carboxylic acids is 1. The molecule has 0 atom stereocenters. The van der Waals surface area contributed by atoms with Crippen LogP contribution in [0.5, 0.6) is 0 Å². The van der Waals surface area contributed by atoms with E-state index in [0.29, 0.717) is 11.4 Å². The van der Waals surface area contributed by atoms with Crippen LogP contribution in [0.3, 0.4) is 0 Å². The van der Waals surface area contributed by atoms with Gasteiger partial charge < -0.3 is 0 Å². The predicted octanol–water partition coefficient (Wildman–Crippen LogP) is 4.07. The zero-order chi connectivity index (χ0) is 13.2. The first-order chi connectivity index (χ1) is 9.29. The fourth-order valence-electron chi connectivity index (χ4n) is 2.14. The van der Waals surface area contributed by atoms with E-state index in [1.807, 2.05) is 60.8 Å². The van der Waals surface area contributed by atoms with Gasteiger partial charge in [0.15, 0.2) is 0 Å². The van der Waals surface area contributed by atoms with Gasteiger partial charge in [0.25, 0.3) is 5.91 Å². The number of carbonyl (C=O) groups is 1. The predicted molar refractivity (Wildman–Crippen MR) is 77.7 cm³/mol. The molecule has 19 heavy (non-hydrogen) atoms. The van der Waals surface area contributed by atoms with Crippen LogP contribution >= 0.6 is 11.6 Å². The minimum Gasteiger partial charge on any atom is -0.283 e. The highest BCUT2D eigenvalue weighted by atomic mass is 35.5. The van der Waals surface area contributed by atoms with Crippen LogP contribution in [0.15, 0.2) is 60.8 Å². The van der Waals surface area contributed by atoms with Gasteiger partial charge in [-0.3, -0.25) is 9.36 Å². The van der Waals surface area contributed by atoms with Crippen molar-refractivity contribution in [2.45, 2.75) is 5.88 Å². The molecule has 0 saturated heterocycles. The standard InChI is InChI=1S/C16H12ClNO/c17-11-12-5-7-14(8-6-12)16(19)18-10-9-13-3-1-2-4-15(13)18/h1-10H,11H2. The zero-order valence-electron chi connectivity index (χ0n) is 10.2. The van der Waals surface area contributed by atoms with E-state index in [1.165, 1.54) is 0 Å². The average Bonchev–Trinajstić information content (AvgIpc) is 2.90. The van der Waals surface area contributed by atoms with Gasteiger partial charge in [0.2, 0.25) is 0 Å². The number of rotatable bonds is 2. The number of benzene rings is 2. The Labute approximate surface area is 116 Å². The van der Waals surface area contributed by atoms with E-state index in [0.717, 1.165) is 16.5 Å². The molecule has 0 aliphatic carbocycles. The van der Waals surface area contributed by atoms with Crippen LogP contribution in [0.4, 0.5) is 0 Å². The first-order valence-electron chi connectivity index (χ1n) is 6.05. The maximum atomic E-state index is 12.5. The smallest absolute Gasteiger partial charge is 0.262 e. The molecule has 94 valence electrons.